The number of fused-ring (bicyclic) bond motifs is 1. The SMILES string of the molecule is CSc1nc2c(c(=O)[nH]1)CCN(C(=O)OCc1ccccc1)CC2. The van der Waals surface area contributed by atoms with Crippen LogP contribution in [0.1, 0.15) is 16.8 Å². The molecule has 0 aliphatic carbocycles. The van der Waals surface area contributed by atoms with Gasteiger partial charge in [-0.3, -0.25) is 4.79 Å². The second-order valence-corrected chi connectivity index (χ2v) is 6.32. The van der Waals surface area contributed by atoms with E-state index in [2.05, 4.69) is 9.97 Å². The fraction of sp³-hybridized carbons (Fsp3) is 0.353. The number of aromatic amines is 1. The van der Waals surface area contributed by atoms with Crippen molar-refractivity contribution >= 4 is 17.9 Å². The van der Waals surface area contributed by atoms with E-state index in [-0.39, 0.29) is 18.3 Å². The molecule has 0 fully saturated rings. The average Bonchev–Trinajstić information content (AvgIpc) is 2.83. The van der Waals surface area contributed by atoms with Crippen LogP contribution in [0, 0.1) is 0 Å². The highest BCUT2D eigenvalue weighted by atomic mass is 32.2. The molecule has 0 spiro atoms. The molecule has 1 N–H and O–H groups in total. The quantitative estimate of drug-likeness (QED) is 0.682. The molecule has 1 aliphatic rings. The van der Waals surface area contributed by atoms with E-state index in [1.807, 2.05) is 36.6 Å². The van der Waals surface area contributed by atoms with Crippen molar-refractivity contribution in [2.24, 2.45) is 0 Å². The average molecular weight is 345 g/mol. The number of hydrogen-bond donors (Lipinski definition) is 1. The van der Waals surface area contributed by atoms with E-state index in [4.69, 9.17) is 4.74 Å². The van der Waals surface area contributed by atoms with Gasteiger partial charge in [0.1, 0.15) is 6.61 Å². The number of nitrogens with one attached hydrogen (secondary N) is 1. The Hall–Kier alpha value is -2.28. The molecule has 7 heteroatoms. The van der Waals surface area contributed by atoms with E-state index in [0.717, 1.165) is 11.3 Å². The summed E-state index contributed by atoms with van der Waals surface area (Å²) in [5.74, 6) is 0. The van der Waals surface area contributed by atoms with Crippen molar-refractivity contribution in [2.45, 2.75) is 24.6 Å². The molecule has 2 aromatic rings. The van der Waals surface area contributed by atoms with Gasteiger partial charge in [-0.05, 0) is 18.2 Å². The van der Waals surface area contributed by atoms with Crippen LogP contribution in [0.4, 0.5) is 4.79 Å². The zero-order valence-corrected chi connectivity index (χ0v) is 14.3. The summed E-state index contributed by atoms with van der Waals surface area (Å²) in [6.45, 7) is 1.22. The number of rotatable bonds is 3. The standard InChI is InChI=1S/C17H19N3O3S/c1-24-16-18-14-8-10-20(9-7-13(14)15(21)19-16)17(22)23-11-12-5-3-2-4-6-12/h2-6H,7-11H2,1H3,(H,18,19,21). The molecule has 126 valence electrons. The number of hydrogen-bond acceptors (Lipinski definition) is 5. The topological polar surface area (TPSA) is 75.3 Å². The lowest BCUT2D eigenvalue weighted by atomic mass is 10.1. The summed E-state index contributed by atoms with van der Waals surface area (Å²) in [4.78, 5) is 33.3. The smallest absolute Gasteiger partial charge is 0.410 e. The minimum absolute atomic E-state index is 0.108. The van der Waals surface area contributed by atoms with Crippen LogP contribution < -0.4 is 5.56 Å². The molecule has 2 heterocycles. The van der Waals surface area contributed by atoms with Crippen molar-refractivity contribution in [1.82, 2.24) is 14.9 Å². The zero-order chi connectivity index (χ0) is 16.9. The van der Waals surface area contributed by atoms with Crippen LogP contribution in [-0.2, 0) is 24.2 Å². The molecule has 0 unspecified atom stereocenters. The Labute approximate surface area is 144 Å². The summed E-state index contributed by atoms with van der Waals surface area (Å²) >= 11 is 1.40. The minimum Gasteiger partial charge on any atom is -0.445 e. The largest absolute Gasteiger partial charge is 0.445 e. The van der Waals surface area contributed by atoms with Gasteiger partial charge in [0.05, 0.1) is 5.69 Å². The van der Waals surface area contributed by atoms with E-state index < -0.39 is 0 Å². The Bertz CT molecular complexity index is 776. The van der Waals surface area contributed by atoms with E-state index in [1.165, 1.54) is 11.8 Å². The van der Waals surface area contributed by atoms with E-state index in [1.54, 1.807) is 4.90 Å². The number of aromatic nitrogens is 2. The molecule has 1 aromatic carbocycles. The highest BCUT2D eigenvalue weighted by Crippen LogP contribution is 2.15. The van der Waals surface area contributed by atoms with E-state index >= 15 is 0 Å². The lowest BCUT2D eigenvalue weighted by molar-refractivity contribution is 0.0977. The molecule has 1 aromatic heterocycles. The maximum absolute atomic E-state index is 12.3. The Balaban J connectivity index is 1.64. The maximum Gasteiger partial charge on any atom is 0.410 e. The van der Waals surface area contributed by atoms with Crippen molar-refractivity contribution in [3.63, 3.8) is 0 Å². The number of thioether (sulfide) groups is 1. The van der Waals surface area contributed by atoms with Gasteiger partial charge >= 0.3 is 6.09 Å². The minimum atomic E-state index is -0.354. The van der Waals surface area contributed by atoms with E-state index in [0.29, 0.717) is 36.7 Å². The number of nitrogens with zero attached hydrogens (tertiary/aromatic N) is 2. The number of H-pyrrole nitrogens is 1. The summed E-state index contributed by atoms with van der Waals surface area (Å²) < 4.78 is 5.37. The number of benzene rings is 1. The van der Waals surface area contributed by atoms with Crippen LogP contribution >= 0.6 is 11.8 Å². The number of amides is 1. The first-order valence-electron chi connectivity index (χ1n) is 7.79. The van der Waals surface area contributed by atoms with Gasteiger partial charge in [0.15, 0.2) is 5.16 Å². The molecule has 0 saturated carbocycles. The Morgan fingerprint density at radius 2 is 2.04 bits per heavy atom. The molecule has 6 nitrogen and oxygen atoms in total. The summed E-state index contributed by atoms with van der Waals surface area (Å²) in [6.07, 6.45) is 2.57. The third-order valence-electron chi connectivity index (χ3n) is 3.99. The van der Waals surface area contributed by atoms with Gasteiger partial charge in [-0.1, -0.05) is 42.1 Å². The van der Waals surface area contributed by atoms with Crippen LogP contribution in [0.3, 0.4) is 0 Å². The summed E-state index contributed by atoms with van der Waals surface area (Å²) in [6, 6.07) is 9.57. The third-order valence-corrected chi connectivity index (χ3v) is 4.57. The fourth-order valence-electron chi connectivity index (χ4n) is 2.68. The fourth-order valence-corrected chi connectivity index (χ4v) is 3.07. The van der Waals surface area contributed by atoms with Crippen LogP contribution in [-0.4, -0.2) is 40.3 Å². The van der Waals surface area contributed by atoms with Gasteiger partial charge < -0.3 is 14.6 Å². The Kier molecular flexibility index (Phi) is 5.20. The second kappa shape index (κ2) is 7.53. The van der Waals surface area contributed by atoms with Gasteiger partial charge in [-0.2, -0.15) is 0 Å². The normalized spacial score (nSPS) is 14.0. The molecule has 1 amide bonds. The molecule has 1 aliphatic heterocycles. The third kappa shape index (κ3) is 3.79. The van der Waals surface area contributed by atoms with Gasteiger partial charge in [0.2, 0.25) is 0 Å². The highest BCUT2D eigenvalue weighted by molar-refractivity contribution is 7.98. The predicted octanol–water partition coefficient (Wildman–Crippen LogP) is 2.23. The van der Waals surface area contributed by atoms with Crippen molar-refractivity contribution in [1.29, 1.82) is 0 Å². The summed E-state index contributed by atoms with van der Waals surface area (Å²) in [5, 5.41) is 0.610. The van der Waals surface area contributed by atoms with Gasteiger partial charge in [0.25, 0.3) is 5.56 Å². The van der Waals surface area contributed by atoms with Crippen LogP contribution in [0.5, 0.6) is 0 Å². The number of carbonyl (C=O) groups is 1. The maximum atomic E-state index is 12.3. The van der Waals surface area contributed by atoms with Crippen molar-refractivity contribution in [3.8, 4) is 0 Å². The number of ether oxygens (including phenoxy) is 1. The molecular formula is C17H19N3O3S. The monoisotopic (exact) mass is 345 g/mol. The lowest BCUT2D eigenvalue weighted by Crippen LogP contribution is -2.33. The van der Waals surface area contributed by atoms with Gasteiger partial charge in [-0.25, -0.2) is 9.78 Å². The van der Waals surface area contributed by atoms with Crippen molar-refractivity contribution < 1.29 is 9.53 Å². The predicted molar refractivity (Wildman–Crippen MR) is 92.2 cm³/mol. The lowest BCUT2D eigenvalue weighted by Gasteiger charge is -2.19. The van der Waals surface area contributed by atoms with E-state index in [9.17, 15) is 9.59 Å². The first-order valence-corrected chi connectivity index (χ1v) is 9.01. The second-order valence-electron chi connectivity index (χ2n) is 5.53. The molecule has 0 atom stereocenters. The summed E-state index contributed by atoms with van der Waals surface area (Å²) in [7, 11) is 0. The first kappa shape index (κ1) is 16.6. The van der Waals surface area contributed by atoms with Crippen molar-refractivity contribution in [2.75, 3.05) is 19.3 Å². The molecule has 24 heavy (non-hydrogen) atoms. The summed E-state index contributed by atoms with van der Waals surface area (Å²) in [5.41, 5.74) is 2.29. The van der Waals surface area contributed by atoms with Crippen LogP contribution in [0.2, 0.25) is 0 Å². The van der Waals surface area contributed by atoms with Crippen LogP contribution in [0.15, 0.2) is 40.3 Å². The Morgan fingerprint density at radius 3 is 2.79 bits per heavy atom. The molecular weight excluding hydrogens is 326 g/mol. The molecule has 0 bridgehead atoms. The molecule has 0 saturated heterocycles. The van der Waals surface area contributed by atoms with Gasteiger partial charge in [0, 0.05) is 25.1 Å². The molecule has 3 rings (SSSR count). The van der Waals surface area contributed by atoms with Crippen molar-refractivity contribution in [3.05, 3.63) is 57.5 Å². The molecule has 0 radical (unpaired) electrons. The van der Waals surface area contributed by atoms with Gasteiger partial charge in [-0.15, -0.1) is 0 Å². The number of carbonyl (C=O) groups excluding carboxylic acids is 1. The highest BCUT2D eigenvalue weighted by Gasteiger charge is 2.22. The zero-order valence-electron chi connectivity index (χ0n) is 13.4. The Morgan fingerprint density at radius 1 is 1.29 bits per heavy atom. The first-order chi connectivity index (χ1) is 11.7. The van der Waals surface area contributed by atoms with Crippen LogP contribution in [0.25, 0.3) is 0 Å².